The average Bonchev–Trinajstić information content (AvgIpc) is 3.52. The highest BCUT2D eigenvalue weighted by Gasteiger charge is 2.54. The minimum absolute atomic E-state index is 0.0248. The van der Waals surface area contributed by atoms with Crippen LogP contribution in [0.5, 0.6) is 5.75 Å². The first-order chi connectivity index (χ1) is 32.6. The number of aliphatic imine (C=N–C) groups is 1. The molecule has 5 aliphatic rings. The fraction of sp³-hybridized carbons (Fsp3) is 0.500. The molecule has 2 saturated carbocycles. The van der Waals surface area contributed by atoms with E-state index in [1.807, 2.05) is 71.5 Å². The number of carbonyl (C=O) groups is 4. The number of aryl methyl sites for hydroxylation is 2. The van der Waals surface area contributed by atoms with Gasteiger partial charge in [0.15, 0.2) is 11.6 Å². The van der Waals surface area contributed by atoms with Crippen molar-refractivity contribution in [1.29, 1.82) is 0 Å². The van der Waals surface area contributed by atoms with Gasteiger partial charge in [-0.15, -0.1) is 26.6 Å². The topological polar surface area (TPSA) is 170 Å². The molecule has 15 nitrogen and oxygen atoms in total. The van der Waals surface area contributed by atoms with Crippen molar-refractivity contribution >= 4 is 63.8 Å². The Morgan fingerprint density at radius 3 is 2.50 bits per heavy atom. The van der Waals surface area contributed by atoms with Gasteiger partial charge in [-0.2, -0.15) is 0 Å². The molecule has 1 N–H and O–H groups in total. The fourth-order valence-electron chi connectivity index (χ4n) is 11.1. The van der Waals surface area contributed by atoms with E-state index in [2.05, 4.69) is 39.7 Å². The summed E-state index contributed by atoms with van der Waals surface area (Å²) < 4.78 is 10.3. The lowest BCUT2D eigenvalue weighted by Crippen LogP contribution is -2.54. The number of likely N-dealkylation sites (tertiary alicyclic amines) is 1. The second-order valence-corrected chi connectivity index (χ2v) is 21.7. The fourth-order valence-corrected chi connectivity index (χ4v) is 12.7. The van der Waals surface area contributed by atoms with Crippen LogP contribution in [0.1, 0.15) is 126 Å². The maximum atomic E-state index is 15.0. The summed E-state index contributed by atoms with van der Waals surface area (Å²) in [5.74, 6) is 1.08. The Balaban J connectivity index is 0.912. The number of Topliss-reactive ketones (excluding diaryl/α,β-unsaturated/α-hetero) is 1. The molecule has 356 valence electrons. The summed E-state index contributed by atoms with van der Waals surface area (Å²) in [6.45, 7) is 11.2. The first-order valence-electron chi connectivity index (χ1n) is 23.6. The smallest absolute Gasteiger partial charge is 0.227 e. The largest absolute Gasteiger partial charge is 0.487 e. The number of hydrogen-bond donors (Lipinski definition) is 1. The van der Waals surface area contributed by atoms with Gasteiger partial charge in [-0.25, -0.2) is 4.68 Å². The van der Waals surface area contributed by atoms with Crippen LogP contribution in [0.25, 0.3) is 5.00 Å². The Hall–Kier alpha value is -5.45. The van der Waals surface area contributed by atoms with Crippen molar-refractivity contribution in [2.24, 2.45) is 21.7 Å². The highest BCUT2D eigenvalue weighted by atomic mass is 35.5. The van der Waals surface area contributed by atoms with Crippen molar-refractivity contribution in [3.8, 4) is 10.8 Å². The van der Waals surface area contributed by atoms with Crippen LogP contribution in [0.2, 0.25) is 10.0 Å². The number of aromatic nitrogens is 6. The van der Waals surface area contributed by atoms with Crippen LogP contribution in [0, 0.1) is 44.4 Å². The Morgan fingerprint density at radius 2 is 1.76 bits per heavy atom. The highest BCUT2D eigenvalue weighted by molar-refractivity contribution is 7.15. The van der Waals surface area contributed by atoms with Gasteiger partial charge in [-0.3, -0.25) is 28.7 Å². The first kappa shape index (κ1) is 46.3. The van der Waals surface area contributed by atoms with Crippen molar-refractivity contribution in [3.05, 3.63) is 102 Å². The Kier molecular flexibility index (Phi) is 12.1. The molecule has 0 unspecified atom stereocenters. The summed E-state index contributed by atoms with van der Waals surface area (Å²) in [6.07, 6.45) is 6.05. The molecular formula is C50H56Cl2N10O5S. The molecule has 3 fully saturated rings. The zero-order chi connectivity index (χ0) is 47.8. The van der Waals surface area contributed by atoms with Gasteiger partial charge in [-0.05, 0) is 108 Å². The standard InChI is InChI=1S/C50H56Cl2N10O5S/c1-27-29(3)68-47-42(27)44(31-10-12-32(51)13-11-31)54-37(45-57-55-30(4)62(45)47)21-33(63)23-61-28(2)38(56-58-61)25-67-40-15-14-36(52)34-16-20-60(46(65)35-9-7-8-17-49(35,5)48(66)53-6)39(43(34)40)24-59-26-50(18-19-50)22-41(59)64/h10-15,35,37,39H,7-9,16-26H2,1-6H3,(H,53,66)/t35-,37-,39+,49-/m0/s1. The third kappa shape index (κ3) is 8.13. The van der Waals surface area contributed by atoms with E-state index in [4.69, 9.17) is 32.9 Å². The van der Waals surface area contributed by atoms with E-state index >= 15 is 0 Å². The number of benzene rings is 2. The molecular weight excluding hydrogens is 924 g/mol. The minimum atomic E-state index is -0.858. The van der Waals surface area contributed by atoms with E-state index in [0.717, 1.165) is 69.1 Å². The van der Waals surface area contributed by atoms with Crippen molar-refractivity contribution in [2.45, 2.75) is 118 Å². The van der Waals surface area contributed by atoms with Crippen LogP contribution in [-0.2, 0) is 38.8 Å². The lowest BCUT2D eigenvalue weighted by atomic mass is 9.66. The summed E-state index contributed by atoms with van der Waals surface area (Å²) in [6, 6.07) is 10.0. The van der Waals surface area contributed by atoms with Crippen molar-refractivity contribution < 1.29 is 23.9 Å². The monoisotopic (exact) mass is 978 g/mol. The van der Waals surface area contributed by atoms with Crippen LogP contribution in [0.15, 0.2) is 41.4 Å². The van der Waals surface area contributed by atoms with Crippen molar-refractivity contribution in [1.82, 2.24) is 44.9 Å². The molecule has 6 heterocycles. The molecule has 0 bridgehead atoms. The number of rotatable bonds is 12. The van der Waals surface area contributed by atoms with Crippen molar-refractivity contribution in [2.75, 3.05) is 26.7 Å². The molecule has 1 saturated heterocycles. The summed E-state index contributed by atoms with van der Waals surface area (Å²) in [5, 5.41) is 22.9. The second-order valence-electron chi connectivity index (χ2n) is 19.7. The van der Waals surface area contributed by atoms with Gasteiger partial charge in [0.2, 0.25) is 17.7 Å². The van der Waals surface area contributed by atoms with E-state index in [0.29, 0.717) is 84.1 Å². The Labute approximate surface area is 409 Å². The van der Waals surface area contributed by atoms with E-state index in [1.54, 1.807) is 23.1 Å². The summed E-state index contributed by atoms with van der Waals surface area (Å²) >= 11 is 14.9. The lowest BCUT2D eigenvalue weighted by molar-refractivity contribution is -0.153. The number of ether oxygens (including phenoxy) is 1. The summed E-state index contributed by atoms with van der Waals surface area (Å²) in [7, 11) is 1.63. The number of hydrogen-bond acceptors (Lipinski definition) is 11. The summed E-state index contributed by atoms with van der Waals surface area (Å²) in [4.78, 5) is 66.4. The quantitative estimate of drug-likeness (QED) is 0.130. The van der Waals surface area contributed by atoms with Crippen LogP contribution >= 0.6 is 34.5 Å². The molecule has 5 aromatic rings. The van der Waals surface area contributed by atoms with Gasteiger partial charge in [0.05, 0.1) is 28.8 Å². The van der Waals surface area contributed by atoms with Crippen LogP contribution in [0.4, 0.5) is 0 Å². The van der Waals surface area contributed by atoms with Gasteiger partial charge in [0, 0.05) is 71.1 Å². The van der Waals surface area contributed by atoms with E-state index in [1.165, 1.54) is 0 Å². The first-order valence-corrected chi connectivity index (χ1v) is 25.2. The number of carbonyl (C=O) groups excluding carboxylic acids is 4. The molecule has 3 aliphatic heterocycles. The third-order valence-corrected chi connectivity index (χ3v) is 17.2. The number of nitrogens with zero attached hydrogens (tertiary/aromatic N) is 9. The summed E-state index contributed by atoms with van der Waals surface area (Å²) in [5.41, 5.74) is 5.77. The van der Waals surface area contributed by atoms with E-state index in [9.17, 15) is 19.2 Å². The normalized spacial score (nSPS) is 22.6. The molecule has 3 amide bonds. The third-order valence-electron chi connectivity index (χ3n) is 15.4. The predicted molar refractivity (Wildman–Crippen MR) is 259 cm³/mol. The number of fused-ring (bicyclic) bond motifs is 4. The molecule has 10 rings (SSSR count). The van der Waals surface area contributed by atoms with Crippen LogP contribution < -0.4 is 10.1 Å². The number of nitrogens with one attached hydrogen (secondary N) is 1. The Morgan fingerprint density at radius 1 is 0.985 bits per heavy atom. The molecule has 2 aromatic carbocycles. The lowest BCUT2D eigenvalue weighted by Gasteiger charge is -2.46. The molecule has 1 spiro atoms. The molecule has 18 heteroatoms. The number of thiophene rings is 1. The SMILES string of the molecule is CNC(=O)[C@@]1(C)CCCC[C@H]1C(=O)N1CCc2c(Cl)ccc(OCc3nnn(CC(=O)C[C@@H]4N=C(c5ccc(Cl)cc5)c5c(sc(C)c5C)-n5c(C)nnc54)c3C)c2[C@H]1CN1CC2(CC2)CC1=O. The van der Waals surface area contributed by atoms with Gasteiger partial charge in [-0.1, -0.05) is 53.4 Å². The molecule has 68 heavy (non-hydrogen) atoms. The van der Waals surface area contributed by atoms with Gasteiger partial charge in [0.1, 0.15) is 41.5 Å². The number of amides is 3. The van der Waals surface area contributed by atoms with E-state index in [-0.39, 0.29) is 48.5 Å². The van der Waals surface area contributed by atoms with Crippen molar-refractivity contribution in [3.63, 3.8) is 0 Å². The number of halogens is 2. The highest BCUT2D eigenvalue weighted by Crippen LogP contribution is 2.54. The van der Waals surface area contributed by atoms with E-state index < -0.39 is 23.4 Å². The van der Waals surface area contributed by atoms with Gasteiger partial charge < -0.3 is 19.9 Å². The maximum Gasteiger partial charge on any atom is 0.227 e. The van der Waals surface area contributed by atoms with Crippen LogP contribution in [-0.4, -0.2) is 95.5 Å². The second kappa shape index (κ2) is 17.8. The minimum Gasteiger partial charge on any atom is -0.487 e. The Bertz CT molecular complexity index is 2900. The molecule has 4 atom stereocenters. The van der Waals surface area contributed by atoms with Gasteiger partial charge in [0.25, 0.3) is 0 Å². The molecule has 0 radical (unpaired) electrons. The molecule has 2 aliphatic carbocycles. The maximum absolute atomic E-state index is 15.0. The average molecular weight is 980 g/mol. The van der Waals surface area contributed by atoms with Gasteiger partial charge >= 0.3 is 0 Å². The number of ketones is 1. The zero-order valence-electron chi connectivity index (χ0n) is 39.3. The predicted octanol–water partition coefficient (Wildman–Crippen LogP) is 7.97. The zero-order valence-corrected chi connectivity index (χ0v) is 41.7. The molecule has 3 aromatic heterocycles. The van der Waals surface area contributed by atoms with Crippen LogP contribution in [0.3, 0.4) is 0 Å².